The third-order valence-electron chi connectivity index (χ3n) is 12.2. The molecule has 27 heteroatoms. The van der Waals surface area contributed by atoms with Crippen molar-refractivity contribution >= 4 is 76.1 Å². The number of carboxylic acids is 3. The quantitative estimate of drug-likeness (QED) is 0.0225. The Hall–Kier alpha value is -9.89. The number of carboxylic acid groups (broad SMARTS) is 3. The molecule has 27 nitrogen and oxygen atoms in total. The summed E-state index contributed by atoms with van der Waals surface area (Å²) >= 11 is 0. The standard InChI is InChI=1S/C53H60N10O17/c54-34(26-64)46(72)57-36(18-27-6-2-1-3-7-27)47(73)61-40(23-44(68)69)51(77)59-37(19-28-10-14-31(65)15-11-28)48(74)62-41(24-45(70)71)52(78)60-39(21-30-25-56-35-9-5-4-8-33(30)35)50(76)58-38(20-29-12-16-32(66)17-13-29)49(75)63-42(53(79)80)22-43(55)67/h1-17,25,34,36-42,56,64-66H,18-24,26,54H2,(H2,55,67)(H,57,72)(H,58,76)(H,59,77)(H,60,78)(H,61,73)(H,62,74)(H,63,75)(H,68,69)(H,70,71)(H,79,80)/t34-,36-,37-,38-,39-,40-,41-,42-/m0/s1. The summed E-state index contributed by atoms with van der Waals surface area (Å²) in [7, 11) is 0. The van der Waals surface area contributed by atoms with Crippen molar-refractivity contribution in [2.75, 3.05) is 6.61 Å². The van der Waals surface area contributed by atoms with E-state index in [1.807, 2.05) is 0 Å². The van der Waals surface area contributed by atoms with Gasteiger partial charge in [-0.2, -0.15) is 0 Å². The number of para-hydroxylation sites is 1. The van der Waals surface area contributed by atoms with Gasteiger partial charge in [-0.25, -0.2) is 4.79 Å². The zero-order valence-corrected chi connectivity index (χ0v) is 42.5. The lowest BCUT2D eigenvalue weighted by Crippen LogP contribution is -2.61. The number of benzene rings is 4. The van der Waals surface area contributed by atoms with Crippen LogP contribution in [0.15, 0.2) is 109 Å². The number of carbonyl (C=O) groups is 11. The Kier molecular flexibility index (Phi) is 22.1. The van der Waals surface area contributed by atoms with Gasteiger partial charge in [-0.05, 0) is 52.6 Å². The van der Waals surface area contributed by atoms with E-state index in [4.69, 9.17) is 11.5 Å². The molecule has 18 N–H and O–H groups in total. The number of aliphatic carboxylic acids is 3. The zero-order valence-electron chi connectivity index (χ0n) is 42.5. The van der Waals surface area contributed by atoms with Crippen LogP contribution in [0.4, 0.5) is 0 Å². The number of H-pyrrole nitrogens is 1. The predicted molar refractivity (Wildman–Crippen MR) is 280 cm³/mol. The van der Waals surface area contributed by atoms with Crippen LogP contribution in [0.5, 0.6) is 11.5 Å². The van der Waals surface area contributed by atoms with Gasteiger partial charge in [0, 0.05) is 42.8 Å². The maximum atomic E-state index is 14.5. The van der Waals surface area contributed by atoms with Gasteiger partial charge in [-0.3, -0.25) is 47.9 Å². The van der Waals surface area contributed by atoms with Crippen molar-refractivity contribution in [2.45, 2.75) is 93.3 Å². The number of primary amides is 1. The van der Waals surface area contributed by atoms with Gasteiger partial charge in [-0.15, -0.1) is 0 Å². The number of aromatic nitrogens is 1. The molecule has 1 aromatic heterocycles. The highest BCUT2D eigenvalue weighted by molar-refractivity contribution is 6.00. The first kappa shape index (κ1) is 61.0. The van der Waals surface area contributed by atoms with Crippen LogP contribution in [-0.4, -0.2) is 156 Å². The van der Waals surface area contributed by atoms with Crippen LogP contribution < -0.4 is 48.7 Å². The Bertz CT molecular complexity index is 3050. The van der Waals surface area contributed by atoms with Crippen LogP contribution in [0, 0.1) is 0 Å². The van der Waals surface area contributed by atoms with Crippen molar-refractivity contribution in [3.8, 4) is 11.5 Å². The molecule has 80 heavy (non-hydrogen) atoms. The van der Waals surface area contributed by atoms with Crippen LogP contribution in [0.1, 0.15) is 41.5 Å². The van der Waals surface area contributed by atoms with Gasteiger partial charge >= 0.3 is 17.9 Å². The van der Waals surface area contributed by atoms with Crippen LogP contribution in [0.3, 0.4) is 0 Å². The second-order valence-corrected chi connectivity index (χ2v) is 18.4. The van der Waals surface area contributed by atoms with Crippen LogP contribution in [0.2, 0.25) is 0 Å². The average molecular weight is 1110 g/mol. The molecule has 5 aromatic rings. The first-order chi connectivity index (χ1) is 38.0. The van der Waals surface area contributed by atoms with Crippen molar-refractivity contribution in [2.24, 2.45) is 11.5 Å². The Balaban J connectivity index is 1.47. The van der Waals surface area contributed by atoms with E-state index in [-0.39, 0.29) is 36.3 Å². The number of aliphatic hydroxyl groups excluding tert-OH is 1. The lowest BCUT2D eigenvalue weighted by molar-refractivity contribution is -0.143. The highest BCUT2D eigenvalue weighted by atomic mass is 16.4. The molecule has 4 aromatic carbocycles. The molecule has 0 aliphatic rings. The van der Waals surface area contributed by atoms with Crippen LogP contribution >= 0.6 is 0 Å². The maximum absolute atomic E-state index is 14.5. The number of amides is 8. The second kappa shape index (κ2) is 29.0. The Morgan fingerprint density at radius 2 is 0.800 bits per heavy atom. The van der Waals surface area contributed by atoms with E-state index in [0.717, 1.165) is 0 Å². The zero-order chi connectivity index (χ0) is 58.6. The minimum atomic E-state index is -2.07. The molecule has 0 spiro atoms. The fourth-order valence-corrected chi connectivity index (χ4v) is 8.11. The summed E-state index contributed by atoms with van der Waals surface area (Å²) in [4.78, 5) is 149. The van der Waals surface area contributed by atoms with Gasteiger partial charge in [0.2, 0.25) is 47.3 Å². The molecular weight excluding hydrogens is 1050 g/mol. The molecule has 8 amide bonds. The number of hydrogen-bond donors (Lipinski definition) is 16. The van der Waals surface area contributed by atoms with E-state index >= 15 is 0 Å². The van der Waals surface area contributed by atoms with E-state index in [1.54, 1.807) is 54.6 Å². The van der Waals surface area contributed by atoms with Crippen LogP contribution in [0.25, 0.3) is 10.9 Å². The number of hydrogen-bond acceptors (Lipinski definition) is 15. The fourth-order valence-electron chi connectivity index (χ4n) is 8.11. The van der Waals surface area contributed by atoms with Crippen molar-refractivity contribution in [3.05, 3.63) is 132 Å². The first-order valence-electron chi connectivity index (χ1n) is 24.6. The van der Waals surface area contributed by atoms with Crippen molar-refractivity contribution in [1.82, 2.24) is 42.2 Å². The summed E-state index contributed by atoms with van der Waals surface area (Å²) in [6.45, 7) is -0.806. The first-order valence-corrected chi connectivity index (χ1v) is 24.6. The molecule has 0 saturated carbocycles. The summed E-state index contributed by atoms with van der Waals surface area (Å²) in [5, 5.41) is 75.9. The number of aromatic hydroxyl groups is 2. The molecule has 0 unspecified atom stereocenters. The Morgan fingerprint density at radius 1 is 0.438 bits per heavy atom. The van der Waals surface area contributed by atoms with E-state index < -0.39 is 146 Å². The molecule has 0 saturated heterocycles. The molecule has 424 valence electrons. The summed E-state index contributed by atoms with van der Waals surface area (Å²) in [6.07, 6.45) is -2.99. The van der Waals surface area contributed by atoms with Crippen molar-refractivity contribution in [3.63, 3.8) is 0 Å². The van der Waals surface area contributed by atoms with Crippen LogP contribution in [-0.2, 0) is 78.4 Å². The Labute approximate surface area is 454 Å². The highest BCUT2D eigenvalue weighted by Gasteiger charge is 2.36. The number of nitrogens with one attached hydrogen (secondary N) is 8. The summed E-state index contributed by atoms with van der Waals surface area (Å²) in [5.41, 5.74) is 13.0. The molecule has 8 atom stereocenters. The Morgan fingerprint density at radius 3 is 1.21 bits per heavy atom. The minimum Gasteiger partial charge on any atom is -0.508 e. The predicted octanol–water partition coefficient (Wildman–Crippen LogP) is -2.53. The number of aliphatic hydroxyl groups is 1. The SMILES string of the molecule is NC(=O)C[C@H](NC(=O)[C@H](Cc1ccc(O)cc1)NC(=O)[C@H](Cc1c[nH]c2ccccc12)NC(=O)[C@H](CC(=O)O)NC(=O)[C@H](Cc1ccc(O)cc1)NC(=O)[C@H](CC(=O)O)NC(=O)[C@H](Cc1ccccc1)NC(=O)[C@@H](N)CO)C(=O)O. The van der Waals surface area contributed by atoms with Gasteiger partial charge < -0.3 is 84.3 Å². The molecule has 5 rings (SSSR count). The van der Waals surface area contributed by atoms with E-state index in [1.165, 1.54) is 54.7 Å². The molecular formula is C53H60N10O17. The molecule has 0 bridgehead atoms. The topological polar surface area (TPSA) is 461 Å². The van der Waals surface area contributed by atoms with Crippen molar-refractivity contribution in [1.29, 1.82) is 0 Å². The fraction of sp³-hybridized carbons (Fsp3) is 0.302. The number of fused-ring (bicyclic) bond motifs is 1. The number of phenolic OH excluding ortho intramolecular Hbond substituents is 2. The second-order valence-electron chi connectivity index (χ2n) is 18.4. The number of aromatic amines is 1. The summed E-state index contributed by atoms with van der Waals surface area (Å²) in [5.74, 6) is -14.5. The van der Waals surface area contributed by atoms with Gasteiger partial charge in [0.15, 0.2) is 0 Å². The third-order valence-corrected chi connectivity index (χ3v) is 12.2. The van der Waals surface area contributed by atoms with E-state index in [0.29, 0.717) is 27.6 Å². The number of phenols is 2. The van der Waals surface area contributed by atoms with Gasteiger partial charge in [-0.1, -0.05) is 72.8 Å². The van der Waals surface area contributed by atoms with E-state index in [9.17, 15) is 83.4 Å². The lowest BCUT2D eigenvalue weighted by Gasteiger charge is -2.27. The van der Waals surface area contributed by atoms with Crippen molar-refractivity contribution < 1.29 is 83.4 Å². The third kappa shape index (κ3) is 18.7. The average Bonchev–Trinajstić information content (AvgIpc) is 3.86. The minimum absolute atomic E-state index is 0.158. The molecule has 0 aliphatic carbocycles. The summed E-state index contributed by atoms with van der Waals surface area (Å²) in [6, 6.07) is 11.4. The van der Waals surface area contributed by atoms with Gasteiger partial charge in [0.1, 0.15) is 59.8 Å². The largest absolute Gasteiger partial charge is 0.508 e. The molecule has 1 heterocycles. The maximum Gasteiger partial charge on any atom is 0.326 e. The monoisotopic (exact) mass is 1110 g/mol. The van der Waals surface area contributed by atoms with Gasteiger partial charge in [0.05, 0.1) is 25.9 Å². The summed E-state index contributed by atoms with van der Waals surface area (Å²) < 4.78 is 0. The lowest BCUT2D eigenvalue weighted by atomic mass is 10.0. The number of carbonyl (C=O) groups excluding carboxylic acids is 8. The van der Waals surface area contributed by atoms with Gasteiger partial charge in [0.25, 0.3) is 0 Å². The molecule has 0 radical (unpaired) electrons. The number of rotatable bonds is 30. The molecule has 0 fully saturated rings. The smallest absolute Gasteiger partial charge is 0.326 e. The normalized spacial score (nSPS) is 14.0. The molecule has 0 aliphatic heterocycles. The number of nitrogens with two attached hydrogens (primary N) is 2. The highest BCUT2D eigenvalue weighted by Crippen LogP contribution is 2.20. The van der Waals surface area contributed by atoms with E-state index in [2.05, 4.69) is 42.2 Å².